The number of hydrogen-bond donors (Lipinski definition) is 2. The van der Waals surface area contributed by atoms with E-state index in [1.807, 2.05) is 45.9 Å². The van der Waals surface area contributed by atoms with Crippen LogP contribution in [0.25, 0.3) is 0 Å². The van der Waals surface area contributed by atoms with Crippen LogP contribution in [-0.2, 0) is 4.74 Å². The normalized spacial score (nSPS) is 12.7. The Hall–Kier alpha value is -1.75. The summed E-state index contributed by atoms with van der Waals surface area (Å²) in [6, 6.07) is 7.18. The summed E-state index contributed by atoms with van der Waals surface area (Å²) in [5.41, 5.74) is 0.391. The van der Waals surface area contributed by atoms with Gasteiger partial charge in [-0.15, -0.1) is 0 Å². The van der Waals surface area contributed by atoms with Crippen LogP contribution in [0.3, 0.4) is 0 Å². The Bertz CT molecular complexity index is 440. The molecular formula is C15H23NO4. The molecule has 1 atom stereocenters. The molecule has 1 amide bonds. The number of carbonyl (C=O) groups is 1. The van der Waals surface area contributed by atoms with Crippen LogP contribution in [0.2, 0.25) is 0 Å². The Morgan fingerprint density at radius 3 is 2.70 bits per heavy atom. The lowest BCUT2D eigenvalue weighted by molar-refractivity contribution is 0.0508. The van der Waals surface area contributed by atoms with Gasteiger partial charge in [0.05, 0.1) is 12.6 Å². The van der Waals surface area contributed by atoms with Crippen LogP contribution in [0, 0.1) is 0 Å². The highest BCUT2D eigenvalue weighted by atomic mass is 16.6. The lowest BCUT2D eigenvalue weighted by Gasteiger charge is -2.22. The molecule has 5 heteroatoms. The van der Waals surface area contributed by atoms with Gasteiger partial charge >= 0.3 is 6.09 Å². The molecule has 1 aromatic carbocycles. The van der Waals surface area contributed by atoms with Gasteiger partial charge in [-0.2, -0.15) is 0 Å². The number of hydrogen-bond acceptors (Lipinski definition) is 4. The molecule has 112 valence electrons. The largest absolute Gasteiger partial charge is 0.491 e. The van der Waals surface area contributed by atoms with Crippen molar-refractivity contribution < 1.29 is 19.4 Å². The molecule has 5 nitrogen and oxygen atoms in total. The first-order chi connectivity index (χ1) is 9.31. The molecule has 0 unspecified atom stereocenters. The molecular weight excluding hydrogens is 258 g/mol. The summed E-state index contributed by atoms with van der Waals surface area (Å²) in [6.07, 6.45) is -0.452. The number of aliphatic hydroxyl groups is 1. The first kappa shape index (κ1) is 16.3. The van der Waals surface area contributed by atoms with E-state index in [0.29, 0.717) is 5.75 Å². The topological polar surface area (TPSA) is 67.8 Å². The first-order valence-electron chi connectivity index (χ1n) is 6.65. The van der Waals surface area contributed by atoms with Crippen LogP contribution in [0.4, 0.5) is 4.79 Å². The SMILES string of the molecule is C[C@@H](NC(=O)OC(C)(C)C)c1cccc(OCCO)c1. The first-order valence-corrected chi connectivity index (χ1v) is 6.65. The summed E-state index contributed by atoms with van der Waals surface area (Å²) in [5, 5.41) is 11.5. The number of aliphatic hydroxyl groups excluding tert-OH is 1. The van der Waals surface area contributed by atoms with Gasteiger partial charge < -0.3 is 19.9 Å². The van der Waals surface area contributed by atoms with E-state index in [1.54, 1.807) is 6.07 Å². The molecule has 0 aromatic heterocycles. The molecule has 0 fully saturated rings. The highest BCUT2D eigenvalue weighted by Gasteiger charge is 2.18. The van der Waals surface area contributed by atoms with E-state index in [9.17, 15) is 4.79 Å². The van der Waals surface area contributed by atoms with Gasteiger partial charge in [-0.1, -0.05) is 12.1 Å². The van der Waals surface area contributed by atoms with Gasteiger partial charge in [-0.25, -0.2) is 4.79 Å². The van der Waals surface area contributed by atoms with Crippen molar-refractivity contribution in [3.8, 4) is 5.75 Å². The van der Waals surface area contributed by atoms with E-state index in [-0.39, 0.29) is 19.3 Å². The number of ether oxygens (including phenoxy) is 2. The number of amides is 1. The second kappa shape index (κ2) is 7.14. The van der Waals surface area contributed by atoms with Gasteiger partial charge in [0, 0.05) is 0 Å². The second-order valence-corrected chi connectivity index (χ2v) is 5.51. The van der Waals surface area contributed by atoms with Gasteiger partial charge in [-0.3, -0.25) is 0 Å². The standard InChI is InChI=1S/C15H23NO4/c1-11(16-14(18)20-15(2,3)4)12-6-5-7-13(10-12)19-9-8-17/h5-7,10-11,17H,8-9H2,1-4H3,(H,16,18)/t11-/m1/s1. The van der Waals surface area contributed by atoms with Crippen LogP contribution < -0.4 is 10.1 Å². The molecule has 0 aliphatic rings. The highest BCUT2D eigenvalue weighted by molar-refractivity contribution is 5.68. The Morgan fingerprint density at radius 1 is 1.40 bits per heavy atom. The predicted molar refractivity (Wildman–Crippen MR) is 76.8 cm³/mol. The molecule has 0 heterocycles. The lowest BCUT2D eigenvalue weighted by Crippen LogP contribution is -2.34. The van der Waals surface area contributed by atoms with Crippen molar-refractivity contribution in [2.45, 2.75) is 39.3 Å². The van der Waals surface area contributed by atoms with E-state index < -0.39 is 11.7 Å². The van der Waals surface area contributed by atoms with Crippen molar-refractivity contribution in [2.24, 2.45) is 0 Å². The summed E-state index contributed by atoms with van der Waals surface area (Å²) >= 11 is 0. The molecule has 0 aliphatic carbocycles. The highest BCUT2D eigenvalue weighted by Crippen LogP contribution is 2.19. The summed E-state index contributed by atoms with van der Waals surface area (Å²) < 4.78 is 10.5. The third-order valence-corrected chi connectivity index (χ3v) is 2.45. The van der Waals surface area contributed by atoms with E-state index in [0.717, 1.165) is 5.56 Å². The average molecular weight is 281 g/mol. The van der Waals surface area contributed by atoms with Gasteiger partial charge in [-0.05, 0) is 45.4 Å². The van der Waals surface area contributed by atoms with E-state index >= 15 is 0 Å². The maximum Gasteiger partial charge on any atom is 0.408 e. The zero-order chi connectivity index (χ0) is 15.2. The zero-order valence-electron chi connectivity index (χ0n) is 12.5. The van der Waals surface area contributed by atoms with Crippen molar-refractivity contribution in [2.75, 3.05) is 13.2 Å². The minimum absolute atomic E-state index is 0.0318. The van der Waals surface area contributed by atoms with Crippen molar-refractivity contribution in [1.29, 1.82) is 0 Å². The molecule has 0 radical (unpaired) electrons. The smallest absolute Gasteiger partial charge is 0.408 e. The Balaban J connectivity index is 2.62. The minimum Gasteiger partial charge on any atom is -0.491 e. The maximum absolute atomic E-state index is 11.7. The molecule has 0 saturated heterocycles. The Labute approximate surface area is 119 Å². The van der Waals surface area contributed by atoms with Crippen molar-refractivity contribution in [3.05, 3.63) is 29.8 Å². The zero-order valence-corrected chi connectivity index (χ0v) is 12.5. The van der Waals surface area contributed by atoms with Crippen molar-refractivity contribution in [3.63, 3.8) is 0 Å². The molecule has 0 spiro atoms. The van der Waals surface area contributed by atoms with E-state index in [4.69, 9.17) is 14.6 Å². The summed E-state index contributed by atoms with van der Waals surface area (Å²) in [4.78, 5) is 11.7. The molecule has 1 rings (SSSR count). The van der Waals surface area contributed by atoms with Crippen LogP contribution in [0.5, 0.6) is 5.75 Å². The Kier molecular flexibility index (Phi) is 5.82. The van der Waals surface area contributed by atoms with Crippen LogP contribution in [0.15, 0.2) is 24.3 Å². The monoisotopic (exact) mass is 281 g/mol. The molecule has 20 heavy (non-hydrogen) atoms. The lowest BCUT2D eigenvalue weighted by atomic mass is 10.1. The fourth-order valence-corrected chi connectivity index (χ4v) is 1.60. The van der Waals surface area contributed by atoms with E-state index in [1.165, 1.54) is 0 Å². The van der Waals surface area contributed by atoms with Gasteiger partial charge in [0.15, 0.2) is 0 Å². The Morgan fingerprint density at radius 2 is 2.10 bits per heavy atom. The van der Waals surface area contributed by atoms with E-state index in [2.05, 4.69) is 5.32 Å². The fourth-order valence-electron chi connectivity index (χ4n) is 1.60. The maximum atomic E-state index is 11.7. The summed E-state index contributed by atoms with van der Waals surface area (Å²) in [7, 11) is 0. The van der Waals surface area contributed by atoms with Gasteiger partial charge in [0.25, 0.3) is 0 Å². The molecule has 2 N–H and O–H groups in total. The number of benzene rings is 1. The molecule has 0 aliphatic heterocycles. The molecule has 0 bridgehead atoms. The summed E-state index contributed by atoms with van der Waals surface area (Å²) in [6.45, 7) is 7.55. The quantitative estimate of drug-likeness (QED) is 0.870. The fraction of sp³-hybridized carbons (Fsp3) is 0.533. The van der Waals surface area contributed by atoms with Gasteiger partial charge in [0.1, 0.15) is 18.0 Å². The summed E-state index contributed by atoms with van der Waals surface area (Å²) in [5.74, 6) is 0.661. The minimum atomic E-state index is -0.518. The second-order valence-electron chi connectivity index (χ2n) is 5.51. The number of nitrogens with one attached hydrogen (secondary N) is 1. The predicted octanol–water partition coefficient (Wildman–Crippen LogP) is 2.64. The van der Waals surface area contributed by atoms with Gasteiger partial charge in [0.2, 0.25) is 0 Å². The van der Waals surface area contributed by atoms with Crippen LogP contribution >= 0.6 is 0 Å². The van der Waals surface area contributed by atoms with Crippen LogP contribution in [0.1, 0.15) is 39.3 Å². The van der Waals surface area contributed by atoms with Crippen LogP contribution in [-0.4, -0.2) is 30.0 Å². The third kappa shape index (κ3) is 5.93. The number of alkyl carbamates (subject to hydrolysis) is 1. The number of carbonyl (C=O) groups excluding carboxylic acids is 1. The number of rotatable bonds is 5. The van der Waals surface area contributed by atoms with Crippen molar-refractivity contribution in [1.82, 2.24) is 5.32 Å². The molecule has 1 aromatic rings. The van der Waals surface area contributed by atoms with Crippen molar-refractivity contribution >= 4 is 6.09 Å². The third-order valence-electron chi connectivity index (χ3n) is 2.45. The molecule has 0 saturated carbocycles. The average Bonchev–Trinajstić information content (AvgIpc) is 2.34.